The van der Waals surface area contributed by atoms with Gasteiger partial charge in [0.15, 0.2) is 0 Å². The van der Waals surface area contributed by atoms with Crippen LogP contribution in [0.1, 0.15) is 49.4 Å². The summed E-state index contributed by atoms with van der Waals surface area (Å²) in [5.74, 6) is -0.00900. The second-order valence-corrected chi connectivity index (χ2v) is 7.39. The van der Waals surface area contributed by atoms with Gasteiger partial charge in [-0.15, -0.1) is 12.4 Å². The van der Waals surface area contributed by atoms with Crippen LogP contribution in [0.4, 0.5) is 5.69 Å². The first-order chi connectivity index (χ1) is 11.4. The fourth-order valence-electron chi connectivity index (χ4n) is 3.41. The number of carbonyl (C=O) groups excluding carboxylic acids is 1. The van der Waals surface area contributed by atoms with E-state index in [1.54, 1.807) is 0 Å². The molecule has 134 valence electrons. The number of hydrogen-bond acceptors (Lipinski definition) is 2. The smallest absolute Gasteiger partial charge is 0.230 e. The monoisotopic (exact) mass is 378 g/mol. The molecule has 0 spiro atoms. The molecule has 0 fully saturated rings. The molecule has 0 heterocycles. The van der Waals surface area contributed by atoms with Gasteiger partial charge in [-0.1, -0.05) is 35.9 Å². The molecular formula is C20H24Cl2N2O. The molecule has 5 heteroatoms. The standard InChI is InChI=1S/C20H23ClN2O.ClH/c1-20(2,16-7-3-4-8-17(16)21)19(24)23-18-9-5-6-13-12-14(22)10-11-15(13)18;/h3-4,7-8,10-12,18H,5-6,9,22H2,1-2H3,(H,23,24);1H. The molecule has 0 aromatic heterocycles. The Morgan fingerprint density at radius 3 is 2.68 bits per heavy atom. The van der Waals surface area contributed by atoms with E-state index in [1.807, 2.05) is 56.3 Å². The molecule has 0 radical (unpaired) electrons. The highest BCUT2D eigenvalue weighted by Crippen LogP contribution is 2.34. The number of nitrogens with one attached hydrogen (secondary N) is 1. The minimum absolute atomic E-state index is 0. The fourth-order valence-corrected chi connectivity index (χ4v) is 3.79. The van der Waals surface area contributed by atoms with E-state index in [1.165, 1.54) is 11.1 Å². The van der Waals surface area contributed by atoms with E-state index >= 15 is 0 Å². The molecule has 2 aromatic carbocycles. The molecular weight excluding hydrogens is 355 g/mol. The van der Waals surface area contributed by atoms with Crippen LogP contribution in [0.3, 0.4) is 0 Å². The van der Waals surface area contributed by atoms with Gasteiger partial charge in [0.25, 0.3) is 0 Å². The van der Waals surface area contributed by atoms with Gasteiger partial charge < -0.3 is 11.1 Å². The summed E-state index contributed by atoms with van der Waals surface area (Å²) in [6, 6.07) is 13.5. The van der Waals surface area contributed by atoms with Crippen LogP contribution in [0.25, 0.3) is 0 Å². The number of anilines is 1. The van der Waals surface area contributed by atoms with Crippen molar-refractivity contribution in [3.05, 3.63) is 64.2 Å². The Labute approximate surface area is 160 Å². The Bertz CT molecular complexity index is 774. The van der Waals surface area contributed by atoms with Gasteiger partial charge in [-0.3, -0.25) is 4.79 Å². The number of amides is 1. The first-order valence-corrected chi connectivity index (χ1v) is 8.71. The number of nitrogen functional groups attached to an aromatic ring is 1. The second-order valence-electron chi connectivity index (χ2n) is 6.98. The summed E-state index contributed by atoms with van der Waals surface area (Å²) >= 11 is 6.30. The Morgan fingerprint density at radius 2 is 1.96 bits per heavy atom. The lowest BCUT2D eigenvalue weighted by Crippen LogP contribution is -2.42. The quantitative estimate of drug-likeness (QED) is 0.752. The Morgan fingerprint density at radius 1 is 1.24 bits per heavy atom. The third kappa shape index (κ3) is 3.94. The van der Waals surface area contributed by atoms with Crippen LogP contribution in [0, 0.1) is 0 Å². The molecule has 1 unspecified atom stereocenters. The van der Waals surface area contributed by atoms with E-state index in [0.717, 1.165) is 30.5 Å². The molecule has 25 heavy (non-hydrogen) atoms. The van der Waals surface area contributed by atoms with Gasteiger partial charge in [-0.2, -0.15) is 0 Å². The highest BCUT2D eigenvalue weighted by molar-refractivity contribution is 6.31. The van der Waals surface area contributed by atoms with E-state index in [0.29, 0.717) is 5.02 Å². The van der Waals surface area contributed by atoms with Gasteiger partial charge in [-0.05, 0) is 68.0 Å². The number of hydrogen-bond donors (Lipinski definition) is 2. The molecule has 2 aromatic rings. The molecule has 3 nitrogen and oxygen atoms in total. The van der Waals surface area contributed by atoms with Crippen molar-refractivity contribution in [3.8, 4) is 0 Å². The number of halogens is 2. The van der Waals surface area contributed by atoms with Gasteiger partial charge in [0, 0.05) is 10.7 Å². The molecule has 1 amide bonds. The van der Waals surface area contributed by atoms with E-state index in [4.69, 9.17) is 17.3 Å². The van der Waals surface area contributed by atoms with E-state index in [2.05, 4.69) is 5.32 Å². The minimum Gasteiger partial charge on any atom is -0.399 e. The molecule has 3 rings (SSSR count). The molecule has 1 aliphatic carbocycles. The van der Waals surface area contributed by atoms with Crippen molar-refractivity contribution < 1.29 is 4.79 Å². The van der Waals surface area contributed by atoms with E-state index < -0.39 is 5.41 Å². The summed E-state index contributed by atoms with van der Waals surface area (Å²) in [6.45, 7) is 3.83. The summed E-state index contributed by atoms with van der Waals surface area (Å²) in [4.78, 5) is 13.0. The molecule has 1 aliphatic rings. The van der Waals surface area contributed by atoms with Crippen LogP contribution in [0.15, 0.2) is 42.5 Å². The van der Waals surface area contributed by atoms with Crippen molar-refractivity contribution in [1.82, 2.24) is 5.32 Å². The Kier molecular flexibility index (Phi) is 6.02. The first kappa shape index (κ1) is 19.6. The van der Waals surface area contributed by atoms with Crippen LogP contribution in [0.2, 0.25) is 5.02 Å². The molecule has 0 bridgehead atoms. The van der Waals surface area contributed by atoms with Crippen LogP contribution >= 0.6 is 24.0 Å². The summed E-state index contributed by atoms with van der Waals surface area (Å²) in [6.07, 6.45) is 3.01. The maximum absolute atomic E-state index is 13.0. The van der Waals surface area contributed by atoms with E-state index in [9.17, 15) is 4.79 Å². The Hall–Kier alpha value is -1.71. The molecule has 0 saturated heterocycles. The van der Waals surface area contributed by atoms with Crippen molar-refractivity contribution in [1.29, 1.82) is 0 Å². The summed E-state index contributed by atoms with van der Waals surface area (Å²) < 4.78 is 0. The number of fused-ring (bicyclic) bond motifs is 1. The van der Waals surface area contributed by atoms with Crippen molar-refractivity contribution in [3.63, 3.8) is 0 Å². The first-order valence-electron chi connectivity index (χ1n) is 8.34. The minimum atomic E-state index is -0.691. The third-order valence-electron chi connectivity index (χ3n) is 4.90. The van der Waals surface area contributed by atoms with Crippen LogP contribution in [-0.4, -0.2) is 5.91 Å². The lowest BCUT2D eigenvalue weighted by atomic mass is 9.82. The number of nitrogens with two attached hydrogens (primary N) is 1. The number of rotatable bonds is 3. The maximum atomic E-state index is 13.0. The normalized spacial score (nSPS) is 16.5. The van der Waals surface area contributed by atoms with Gasteiger partial charge in [0.05, 0.1) is 11.5 Å². The summed E-state index contributed by atoms with van der Waals surface area (Å²) in [5.41, 5.74) is 9.24. The number of carbonyl (C=O) groups is 1. The predicted octanol–water partition coefficient (Wildman–Crippen LogP) is 4.82. The lowest BCUT2D eigenvalue weighted by molar-refractivity contribution is -0.126. The topological polar surface area (TPSA) is 55.1 Å². The highest BCUT2D eigenvalue weighted by atomic mass is 35.5. The largest absolute Gasteiger partial charge is 0.399 e. The second kappa shape index (κ2) is 7.67. The van der Waals surface area contributed by atoms with Crippen molar-refractivity contribution in [2.45, 2.75) is 44.6 Å². The zero-order valence-corrected chi connectivity index (χ0v) is 16.1. The van der Waals surface area contributed by atoms with Gasteiger partial charge in [0.1, 0.15) is 0 Å². The molecule has 0 aliphatic heterocycles. The fraction of sp³-hybridized carbons (Fsp3) is 0.350. The average molecular weight is 379 g/mol. The third-order valence-corrected chi connectivity index (χ3v) is 5.23. The maximum Gasteiger partial charge on any atom is 0.230 e. The number of aryl methyl sites for hydroxylation is 1. The van der Waals surface area contributed by atoms with Crippen molar-refractivity contribution >= 4 is 35.6 Å². The number of benzene rings is 2. The lowest BCUT2D eigenvalue weighted by Gasteiger charge is -2.31. The van der Waals surface area contributed by atoms with Crippen LogP contribution < -0.4 is 11.1 Å². The SMILES string of the molecule is CC(C)(C(=O)NC1CCCc2cc(N)ccc21)c1ccccc1Cl.Cl. The zero-order valence-electron chi connectivity index (χ0n) is 14.5. The Balaban J connectivity index is 0.00000225. The van der Waals surface area contributed by atoms with Crippen LogP contribution in [-0.2, 0) is 16.6 Å². The van der Waals surface area contributed by atoms with Crippen molar-refractivity contribution in [2.75, 3.05) is 5.73 Å². The van der Waals surface area contributed by atoms with Crippen molar-refractivity contribution in [2.24, 2.45) is 0 Å². The van der Waals surface area contributed by atoms with Gasteiger partial charge in [0.2, 0.25) is 5.91 Å². The summed E-state index contributed by atoms with van der Waals surface area (Å²) in [5, 5.41) is 3.84. The van der Waals surface area contributed by atoms with E-state index in [-0.39, 0.29) is 24.4 Å². The average Bonchev–Trinajstić information content (AvgIpc) is 2.55. The predicted molar refractivity (Wildman–Crippen MR) is 106 cm³/mol. The molecule has 3 N–H and O–H groups in total. The summed E-state index contributed by atoms with van der Waals surface area (Å²) in [7, 11) is 0. The van der Waals surface area contributed by atoms with Crippen LogP contribution in [0.5, 0.6) is 0 Å². The molecule has 1 atom stereocenters. The van der Waals surface area contributed by atoms with Gasteiger partial charge >= 0.3 is 0 Å². The molecule has 0 saturated carbocycles. The highest BCUT2D eigenvalue weighted by Gasteiger charge is 2.34. The zero-order chi connectivity index (χ0) is 17.3. The van der Waals surface area contributed by atoms with Gasteiger partial charge in [-0.25, -0.2) is 0 Å².